The van der Waals surface area contributed by atoms with E-state index in [0.717, 1.165) is 17.8 Å². The third kappa shape index (κ3) is 2.82. The largest absolute Gasteiger partial charge is 0.464 e. The van der Waals surface area contributed by atoms with Gasteiger partial charge in [0.15, 0.2) is 5.69 Å². The van der Waals surface area contributed by atoms with E-state index >= 15 is 0 Å². The molecule has 5 nitrogen and oxygen atoms in total. The Balaban J connectivity index is 2.04. The molecule has 0 radical (unpaired) electrons. The van der Waals surface area contributed by atoms with E-state index in [0.29, 0.717) is 18.3 Å². The van der Waals surface area contributed by atoms with Gasteiger partial charge in [0.2, 0.25) is 5.91 Å². The lowest BCUT2D eigenvalue weighted by atomic mass is 10.4. The highest BCUT2D eigenvalue weighted by Gasteiger charge is 2.31. The molecule has 0 aromatic carbocycles. The number of carbonyl (C=O) groups is 2. The summed E-state index contributed by atoms with van der Waals surface area (Å²) in [5.74, 6) is -0.379. The number of carbonyl (C=O) groups excluding carboxylic acids is 2. The molecule has 0 N–H and O–H groups in total. The molecule has 17 heavy (non-hydrogen) atoms. The van der Waals surface area contributed by atoms with E-state index in [9.17, 15) is 9.59 Å². The van der Waals surface area contributed by atoms with E-state index in [4.69, 9.17) is 0 Å². The van der Waals surface area contributed by atoms with Gasteiger partial charge in [-0.2, -0.15) is 0 Å². The Labute approximate surface area is 103 Å². The highest BCUT2D eigenvalue weighted by molar-refractivity contribution is 7.09. The van der Waals surface area contributed by atoms with Crippen LogP contribution >= 0.6 is 11.3 Å². The Kier molecular flexibility index (Phi) is 3.42. The normalized spacial score (nSPS) is 14.5. The maximum atomic E-state index is 11.4. The van der Waals surface area contributed by atoms with Gasteiger partial charge in [0, 0.05) is 18.3 Å². The second-order valence-electron chi connectivity index (χ2n) is 4.00. The summed E-state index contributed by atoms with van der Waals surface area (Å²) in [5.41, 5.74) is 0.312. The maximum absolute atomic E-state index is 11.4. The number of rotatable bonds is 4. The van der Waals surface area contributed by atoms with Crippen LogP contribution in [0.1, 0.15) is 35.3 Å². The van der Waals surface area contributed by atoms with Crippen molar-refractivity contribution in [2.45, 2.75) is 32.4 Å². The molecule has 2 rings (SSSR count). The zero-order valence-electron chi connectivity index (χ0n) is 9.80. The van der Waals surface area contributed by atoms with Gasteiger partial charge in [-0.15, -0.1) is 11.3 Å². The summed E-state index contributed by atoms with van der Waals surface area (Å²) in [7, 11) is 1.33. The highest BCUT2D eigenvalue weighted by Crippen LogP contribution is 2.28. The first-order chi connectivity index (χ1) is 8.11. The molecule has 1 fully saturated rings. The fraction of sp³-hybridized carbons (Fsp3) is 0.545. The monoisotopic (exact) mass is 254 g/mol. The smallest absolute Gasteiger partial charge is 0.357 e. The maximum Gasteiger partial charge on any atom is 0.357 e. The molecule has 1 heterocycles. The van der Waals surface area contributed by atoms with Gasteiger partial charge in [-0.25, -0.2) is 9.78 Å². The van der Waals surface area contributed by atoms with Crippen molar-refractivity contribution in [1.82, 2.24) is 9.88 Å². The first-order valence-electron chi connectivity index (χ1n) is 5.41. The molecule has 0 unspecified atom stereocenters. The summed E-state index contributed by atoms with van der Waals surface area (Å²) >= 11 is 1.38. The van der Waals surface area contributed by atoms with Gasteiger partial charge in [-0.3, -0.25) is 4.79 Å². The van der Waals surface area contributed by atoms with Gasteiger partial charge < -0.3 is 9.64 Å². The molecule has 1 aliphatic carbocycles. The number of nitrogens with zero attached hydrogens (tertiary/aromatic N) is 2. The second kappa shape index (κ2) is 4.83. The minimum atomic E-state index is -0.437. The minimum absolute atomic E-state index is 0.0577. The van der Waals surface area contributed by atoms with Crippen molar-refractivity contribution in [2.24, 2.45) is 0 Å². The van der Waals surface area contributed by atoms with Crippen LogP contribution in [-0.2, 0) is 16.1 Å². The second-order valence-corrected chi connectivity index (χ2v) is 4.94. The first kappa shape index (κ1) is 12.0. The van der Waals surface area contributed by atoms with Crippen LogP contribution in [0, 0.1) is 0 Å². The van der Waals surface area contributed by atoms with Crippen LogP contribution in [0.2, 0.25) is 0 Å². The first-order valence-corrected chi connectivity index (χ1v) is 6.29. The van der Waals surface area contributed by atoms with E-state index in [1.54, 1.807) is 17.2 Å². The average Bonchev–Trinajstić information content (AvgIpc) is 3.03. The van der Waals surface area contributed by atoms with Crippen molar-refractivity contribution in [2.75, 3.05) is 7.11 Å². The fourth-order valence-electron chi connectivity index (χ4n) is 1.61. The van der Waals surface area contributed by atoms with E-state index in [-0.39, 0.29) is 5.91 Å². The van der Waals surface area contributed by atoms with Gasteiger partial charge in [-0.1, -0.05) is 0 Å². The van der Waals surface area contributed by atoms with Crippen LogP contribution in [0.4, 0.5) is 0 Å². The molecule has 0 saturated heterocycles. The summed E-state index contributed by atoms with van der Waals surface area (Å²) in [6.07, 6.45) is 2.13. The number of hydrogen-bond donors (Lipinski definition) is 0. The van der Waals surface area contributed by atoms with Gasteiger partial charge in [0.05, 0.1) is 13.7 Å². The van der Waals surface area contributed by atoms with E-state index < -0.39 is 5.97 Å². The number of esters is 1. The molecule has 1 aromatic rings. The fourth-order valence-corrected chi connectivity index (χ4v) is 2.37. The molecular formula is C11H14N2O3S. The summed E-state index contributed by atoms with van der Waals surface area (Å²) in [6, 6.07) is 0.359. The molecule has 6 heteroatoms. The molecule has 92 valence electrons. The quantitative estimate of drug-likeness (QED) is 0.763. The number of amides is 1. The van der Waals surface area contributed by atoms with Crippen LogP contribution in [0.25, 0.3) is 0 Å². The topological polar surface area (TPSA) is 59.5 Å². The van der Waals surface area contributed by atoms with Gasteiger partial charge in [-0.05, 0) is 12.8 Å². The Morgan fingerprint density at radius 1 is 1.59 bits per heavy atom. The third-order valence-electron chi connectivity index (χ3n) is 2.64. The van der Waals surface area contributed by atoms with Gasteiger partial charge in [0.1, 0.15) is 5.01 Å². The lowest BCUT2D eigenvalue weighted by Gasteiger charge is -2.18. The molecule has 1 aliphatic rings. The molecule has 1 saturated carbocycles. The highest BCUT2D eigenvalue weighted by atomic mass is 32.1. The Morgan fingerprint density at radius 3 is 2.82 bits per heavy atom. The van der Waals surface area contributed by atoms with Crippen molar-refractivity contribution < 1.29 is 14.3 Å². The number of hydrogen-bond acceptors (Lipinski definition) is 5. The number of thiazole rings is 1. The lowest BCUT2D eigenvalue weighted by Crippen LogP contribution is -2.30. The van der Waals surface area contributed by atoms with Gasteiger partial charge >= 0.3 is 5.97 Å². The van der Waals surface area contributed by atoms with Crippen molar-refractivity contribution in [3.63, 3.8) is 0 Å². The van der Waals surface area contributed by atoms with Crippen LogP contribution in [0.5, 0.6) is 0 Å². The molecule has 0 bridgehead atoms. The molecule has 0 atom stereocenters. The van der Waals surface area contributed by atoms with Crippen molar-refractivity contribution >= 4 is 23.2 Å². The molecule has 1 aromatic heterocycles. The Morgan fingerprint density at radius 2 is 2.29 bits per heavy atom. The summed E-state index contributed by atoms with van der Waals surface area (Å²) in [5, 5.41) is 2.43. The van der Waals surface area contributed by atoms with Gasteiger partial charge in [0.25, 0.3) is 0 Å². The average molecular weight is 254 g/mol. The zero-order chi connectivity index (χ0) is 12.4. The predicted molar refractivity (Wildman–Crippen MR) is 62.7 cm³/mol. The molecule has 0 spiro atoms. The van der Waals surface area contributed by atoms with Crippen molar-refractivity contribution in [3.05, 3.63) is 16.1 Å². The number of ether oxygens (including phenoxy) is 1. The predicted octanol–water partition coefficient (Wildman–Crippen LogP) is 1.44. The van der Waals surface area contributed by atoms with Crippen molar-refractivity contribution in [3.8, 4) is 0 Å². The van der Waals surface area contributed by atoms with E-state index in [1.165, 1.54) is 18.4 Å². The van der Waals surface area contributed by atoms with Crippen LogP contribution in [0.3, 0.4) is 0 Å². The van der Waals surface area contributed by atoms with Crippen LogP contribution in [-0.4, -0.2) is 34.9 Å². The van der Waals surface area contributed by atoms with E-state index in [2.05, 4.69) is 9.72 Å². The molecular weight excluding hydrogens is 240 g/mol. The third-order valence-corrected chi connectivity index (χ3v) is 3.48. The summed E-state index contributed by atoms with van der Waals surface area (Å²) in [4.78, 5) is 28.6. The van der Waals surface area contributed by atoms with E-state index in [1.807, 2.05) is 0 Å². The SMILES string of the molecule is COC(=O)c1csc(CN(C(C)=O)C2CC2)n1. The van der Waals surface area contributed by atoms with Crippen LogP contribution in [0.15, 0.2) is 5.38 Å². The standard InChI is InChI=1S/C11H14N2O3S/c1-7(14)13(8-3-4-8)5-10-12-9(6-17-10)11(15)16-2/h6,8H,3-5H2,1-2H3. The summed E-state index contributed by atoms with van der Waals surface area (Å²) in [6.45, 7) is 2.05. The summed E-state index contributed by atoms with van der Waals surface area (Å²) < 4.78 is 4.59. The Bertz CT molecular complexity index is 440. The molecule has 0 aliphatic heterocycles. The zero-order valence-corrected chi connectivity index (χ0v) is 10.6. The number of aromatic nitrogens is 1. The van der Waals surface area contributed by atoms with Crippen LogP contribution < -0.4 is 0 Å². The number of methoxy groups -OCH3 is 1. The molecule has 1 amide bonds. The minimum Gasteiger partial charge on any atom is -0.464 e. The lowest BCUT2D eigenvalue weighted by molar-refractivity contribution is -0.130. The Hall–Kier alpha value is -1.43. The van der Waals surface area contributed by atoms with Crippen molar-refractivity contribution in [1.29, 1.82) is 0 Å².